The minimum Gasteiger partial charge on any atom is -0.444 e. The molecule has 0 saturated carbocycles. The number of benzene rings is 4. The average Bonchev–Trinajstić information content (AvgIpc) is 3.57. The zero-order chi connectivity index (χ0) is 31.2. The van der Waals surface area contributed by atoms with E-state index in [1.54, 1.807) is 0 Å². The number of nitrogens with zero attached hydrogens (tertiary/aromatic N) is 2. The maximum atomic E-state index is 12.1. The van der Waals surface area contributed by atoms with Gasteiger partial charge in [-0.1, -0.05) is 36.4 Å². The lowest BCUT2D eigenvalue weighted by atomic mass is 9.98. The predicted octanol–water partition coefficient (Wildman–Crippen LogP) is 7.46. The lowest BCUT2D eigenvalue weighted by molar-refractivity contribution is 0.0511. The number of ether oxygens (including phenoxy) is 2. The molecule has 4 N–H and O–H groups in total. The second-order valence-corrected chi connectivity index (χ2v) is 12.9. The molecule has 44 heavy (non-hydrogen) atoms. The maximum absolute atomic E-state index is 12.1. The molecule has 0 aliphatic rings. The van der Waals surface area contributed by atoms with Crippen LogP contribution in [0.15, 0.2) is 60.7 Å². The number of imidazole rings is 2. The largest absolute Gasteiger partial charge is 0.444 e. The number of alkyl carbamates (subject to hydrolysis) is 2. The number of hydrogen-bond donors (Lipinski definition) is 4. The van der Waals surface area contributed by atoms with Crippen LogP contribution in [-0.4, -0.2) is 43.3 Å². The number of hydrogen-bond acceptors (Lipinski definition) is 6. The molecule has 0 aliphatic carbocycles. The molecule has 0 spiro atoms. The molecule has 2 heterocycles. The summed E-state index contributed by atoms with van der Waals surface area (Å²) >= 11 is 0. The van der Waals surface area contributed by atoms with Crippen molar-refractivity contribution in [3.8, 4) is 11.1 Å². The summed E-state index contributed by atoms with van der Waals surface area (Å²) in [6.45, 7) is 11.5. The highest BCUT2D eigenvalue weighted by molar-refractivity contribution is 6.07. The second kappa shape index (κ2) is 10.9. The summed E-state index contributed by atoms with van der Waals surface area (Å²) in [4.78, 5) is 40.2. The number of fused-ring (bicyclic) bond motifs is 6. The maximum Gasteiger partial charge on any atom is 0.408 e. The van der Waals surface area contributed by atoms with Gasteiger partial charge in [-0.25, -0.2) is 19.6 Å². The first kappa shape index (κ1) is 29.0. The molecule has 0 aliphatic heterocycles. The first-order chi connectivity index (χ1) is 20.8. The zero-order valence-corrected chi connectivity index (χ0v) is 25.7. The van der Waals surface area contributed by atoms with Crippen LogP contribution in [0.4, 0.5) is 9.59 Å². The Balaban J connectivity index is 1.22. The number of aromatic amines is 2. The van der Waals surface area contributed by atoms with Crippen LogP contribution in [0.2, 0.25) is 0 Å². The minimum absolute atomic E-state index is 0.241. The van der Waals surface area contributed by atoms with E-state index in [2.05, 4.69) is 69.1 Å². The molecular weight excluding hydrogens is 556 g/mol. The standard InChI is InChI=1S/C34H36N6O4/c1-33(2,3)43-31(41)35-17-27-37-25-13-9-21-15-19(7-11-23(21)29(25)39-27)20-8-12-24-22(16-20)10-14-26-30(24)40-28(38-26)18-36-32(42)44-34(4,5)6/h7-16H,17-18H2,1-6H3,(H,35,41)(H,36,42)(H,37,39)(H,38,40). The van der Waals surface area contributed by atoms with Gasteiger partial charge in [-0.15, -0.1) is 0 Å². The summed E-state index contributed by atoms with van der Waals surface area (Å²) in [5.74, 6) is 1.32. The minimum atomic E-state index is -0.562. The van der Waals surface area contributed by atoms with Crippen LogP contribution in [0.3, 0.4) is 0 Å². The molecule has 10 heteroatoms. The Morgan fingerprint density at radius 1 is 0.636 bits per heavy atom. The second-order valence-electron chi connectivity index (χ2n) is 12.9. The number of H-pyrrole nitrogens is 2. The van der Waals surface area contributed by atoms with Crippen LogP contribution < -0.4 is 10.6 Å². The topological polar surface area (TPSA) is 134 Å². The molecule has 6 rings (SSSR count). The molecule has 0 saturated heterocycles. The van der Waals surface area contributed by atoms with E-state index in [0.29, 0.717) is 11.6 Å². The van der Waals surface area contributed by atoms with Gasteiger partial charge in [-0.05, 0) is 87.7 Å². The van der Waals surface area contributed by atoms with Gasteiger partial charge in [0.25, 0.3) is 0 Å². The first-order valence-corrected chi connectivity index (χ1v) is 14.6. The van der Waals surface area contributed by atoms with Gasteiger partial charge in [-0.3, -0.25) is 0 Å². The Kier molecular flexibility index (Phi) is 7.15. The van der Waals surface area contributed by atoms with Gasteiger partial charge in [0.05, 0.1) is 35.2 Å². The summed E-state index contributed by atoms with van der Waals surface area (Å²) in [6.07, 6.45) is -0.960. The lowest BCUT2D eigenvalue weighted by Crippen LogP contribution is -2.32. The van der Waals surface area contributed by atoms with E-state index in [0.717, 1.165) is 54.7 Å². The van der Waals surface area contributed by atoms with E-state index in [4.69, 9.17) is 19.4 Å². The molecule has 2 aromatic heterocycles. The molecule has 226 valence electrons. The predicted molar refractivity (Wildman–Crippen MR) is 172 cm³/mol. The highest BCUT2D eigenvalue weighted by Crippen LogP contribution is 2.32. The van der Waals surface area contributed by atoms with Crippen molar-refractivity contribution in [2.24, 2.45) is 0 Å². The molecule has 6 aromatic rings. The Morgan fingerprint density at radius 3 is 1.43 bits per heavy atom. The normalized spacial score (nSPS) is 12.2. The third kappa shape index (κ3) is 6.29. The van der Waals surface area contributed by atoms with Gasteiger partial charge in [0, 0.05) is 10.8 Å². The molecule has 2 amide bonds. The average molecular weight is 593 g/mol. The molecule has 4 aromatic carbocycles. The van der Waals surface area contributed by atoms with Crippen molar-refractivity contribution < 1.29 is 19.1 Å². The molecule has 0 atom stereocenters. The van der Waals surface area contributed by atoms with Crippen molar-refractivity contribution in [3.63, 3.8) is 0 Å². The summed E-state index contributed by atoms with van der Waals surface area (Å²) in [5.41, 5.74) is 4.57. The number of carbonyl (C=O) groups excluding carboxylic acids is 2. The Bertz CT molecular complexity index is 1900. The fourth-order valence-corrected chi connectivity index (χ4v) is 5.17. The fraction of sp³-hybridized carbons (Fsp3) is 0.294. The molecule has 0 radical (unpaired) electrons. The van der Waals surface area contributed by atoms with Gasteiger partial charge in [0.2, 0.25) is 0 Å². The fourth-order valence-electron chi connectivity index (χ4n) is 5.17. The van der Waals surface area contributed by atoms with Gasteiger partial charge < -0.3 is 30.1 Å². The molecule has 0 unspecified atom stereocenters. The van der Waals surface area contributed by atoms with Crippen molar-refractivity contribution in [3.05, 3.63) is 72.3 Å². The van der Waals surface area contributed by atoms with Crippen molar-refractivity contribution in [1.29, 1.82) is 0 Å². The third-order valence-electron chi connectivity index (χ3n) is 6.97. The van der Waals surface area contributed by atoms with Crippen LogP contribution >= 0.6 is 0 Å². The van der Waals surface area contributed by atoms with Crippen LogP contribution in [0.5, 0.6) is 0 Å². The van der Waals surface area contributed by atoms with Gasteiger partial charge in [0.15, 0.2) is 0 Å². The number of rotatable bonds is 5. The SMILES string of the molecule is CC(C)(C)OC(=O)NCc1nc2c(ccc3cc(-c4ccc5c(ccc6[nH]c(CNC(=O)OC(C)(C)C)nc65)c4)ccc32)[nH]1. The molecular formula is C34H36N6O4. The monoisotopic (exact) mass is 592 g/mol. The summed E-state index contributed by atoms with van der Waals surface area (Å²) in [6, 6.07) is 20.9. The van der Waals surface area contributed by atoms with Crippen molar-refractivity contribution in [2.75, 3.05) is 0 Å². The van der Waals surface area contributed by atoms with Crippen molar-refractivity contribution in [1.82, 2.24) is 30.6 Å². The van der Waals surface area contributed by atoms with Gasteiger partial charge >= 0.3 is 12.2 Å². The summed E-state index contributed by atoms with van der Waals surface area (Å²) in [5, 5.41) is 9.70. The lowest BCUT2D eigenvalue weighted by Gasteiger charge is -2.19. The van der Waals surface area contributed by atoms with Crippen LogP contribution in [0.25, 0.3) is 54.7 Å². The number of nitrogens with one attached hydrogen (secondary N) is 4. The molecule has 0 fully saturated rings. The first-order valence-electron chi connectivity index (χ1n) is 14.6. The molecule has 10 nitrogen and oxygen atoms in total. The number of amides is 2. The third-order valence-corrected chi connectivity index (χ3v) is 6.97. The van der Waals surface area contributed by atoms with Crippen LogP contribution in [0.1, 0.15) is 53.2 Å². The molecule has 0 bridgehead atoms. The van der Waals surface area contributed by atoms with Crippen molar-refractivity contribution >= 4 is 55.8 Å². The van der Waals surface area contributed by atoms with Gasteiger partial charge in [0.1, 0.15) is 22.9 Å². The van der Waals surface area contributed by atoms with Gasteiger partial charge in [-0.2, -0.15) is 0 Å². The van der Waals surface area contributed by atoms with E-state index < -0.39 is 23.4 Å². The highest BCUT2D eigenvalue weighted by atomic mass is 16.6. The Hall–Kier alpha value is -5.12. The zero-order valence-electron chi connectivity index (χ0n) is 25.7. The number of aromatic nitrogens is 4. The smallest absolute Gasteiger partial charge is 0.408 e. The summed E-state index contributed by atoms with van der Waals surface area (Å²) < 4.78 is 10.6. The quantitative estimate of drug-likeness (QED) is 0.164. The van der Waals surface area contributed by atoms with E-state index in [1.807, 2.05) is 53.7 Å². The number of carbonyl (C=O) groups is 2. The van der Waals surface area contributed by atoms with E-state index >= 15 is 0 Å². The van der Waals surface area contributed by atoms with E-state index in [-0.39, 0.29) is 13.1 Å². The van der Waals surface area contributed by atoms with E-state index in [1.165, 1.54) is 0 Å². The highest BCUT2D eigenvalue weighted by Gasteiger charge is 2.18. The Labute approximate surface area is 254 Å². The Morgan fingerprint density at radius 2 is 1.05 bits per heavy atom. The van der Waals surface area contributed by atoms with E-state index in [9.17, 15) is 9.59 Å². The summed E-state index contributed by atoms with van der Waals surface area (Å²) in [7, 11) is 0. The van der Waals surface area contributed by atoms with Crippen LogP contribution in [0, 0.1) is 0 Å². The van der Waals surface area contributed by atoms with Crippen LogP contribution in [-0.2, 0) is 22.6 Å². The van der Waals surface area contributed by atoms with Crippen molar-refractivity contribution in [2.45, 2.75) is 65.8 Å².